The number of anilines is 2. The minimum absolute atomic E-state index is 0.108. The molecule has 13 heteroatoms. The number of rotatable bonds is 8. The molecule has 180 valence electrons. The van der Waals surface area contributed by atoms with Crippen LogP contribution in [0.5, 0.6) is 0 Å². The number of carbonyl (C=O) groups is 1. The zero-order valence-corrected chi connectivity index (χ0v) is 20.8. The molecular formula is C23H17N7O3S3. The molecule has 2 aromatic heterocycles. The number of nitrogens with zero attached hydrogens (tertiary/aromatic N) is 5. The lowest BCUT2D eigenvalue weighted by Gasteiger charge is -2.09. The van der Waals surface area contributed by atoms with E-state index in [0.717, 1.165) is 0 Å². The van der Waals surface area contributed by atoms with E-state index in [1.807, 2.05) is 12.1 Å². The maximum atomic E-state index is 12.7. The quantitative estimate of drug-likeness (QED) is 0.300. The molecule has 5 rings (SSSR count). The molecule has 0 radical (unpaired) electrons. The van der Waals surface area contributed by atoms with Gasteiger partial charge in [-0.25, -0.2) is 13.4 Å². The lowest BCUT2D eigenvalue weighted by atomic mass is 10.2. The highest BCUT2D eigenvalue weighted by Gasteiger charge is 2.17. The number of nitrogens with one attached hydrogen (secondary N) is 2. The molecular weight excluding hydrogens is 519 g/mol. The highest BCUT2D eigenvalue weighted by Crippen LogP contribution is 2.33. The summed E-state index contributed by atoms with van der Waals surface area (Å²) < 4.78 is 30.0. The van der Waals surface area contributed by atoms with Crippen molar-refractivity contribution in [1.29, 1.82) is 0 Å². The van der Waals surface area contributed by atoms with Gasteiger partial charge in [-0.05, 0) is 70.7 Å². The first-order chi connectivity index (χ1) is 17.5. The van der Waals surface area contributed by atoms with E-state index in [0.29, 0.717) is 31.4 Å². The molecule has 5 aromatic rings. The molecule has 0 fully saturated rings. The third-order valence-electron chi connectivity index (χ3n) is 4.79. The number of benzene rings is 3. The Labute approximate surface area is 214 Å². The van der Waals surface area contributed by atoms with Gasteiger partial charge in [0, 0.05) is 11.3 Å². The maximum absolute atomic E-state index is 12.7. The maximum Gasteiger partial charge on any atom is 0.261 e. The predicted molar refractivity (Wildman–Crippen MR) is 137 cm³/mol. The highest BCUT2D eigenvalue weighted by atomic mass is 32.2. The van der Waals surface area contributed by atoms with Crippen molar-refractivity contribution in [3.05, 3.63) is 96.7 Å². The van der Waals surface area contributed by atoms with E-state index in [2.05, 4.69) is 30.5 Å². The Morgan fingerprint density at radius 3 is 2.33 bits per heavy atom. The molecule has 0 spiro atoms. The molecule has 0 aliphatic rings. The molecule has 0 unspecified atom stereocenters. The summed E-state index contributed by atoms with van der Waals surface area (Å²) in [6.45, 7) is 0. The zero-order chi connectivity index (χ0) is 25.0. The number of carbonyl (C=O) groups excluding carboxylic acids is 1. The number of thiazole rings is 1. The predicted octanol–water partition coefficient (Wildman–Crippen LogP) is 4.32. The molecule has 0 aliphatic carbocycles. The van der Waals surface area contributed by atoms with E-state index in [1.54, 1.807) is 66.9 Å². The van der Waals surface area contributed by atoms with E-state index in [-0.39, 0.29) is 10.8 Å². The fraction of sp³-hybridized carbons (Fsp3) is 0. The Morgan fingerprint density at radius 1 is 0.917 bits per heavy atom. The van der Waals surface area contributed by atoms with Crippen molar-refractivity contribution in [2.75, 3.05) is 10.0 Å². The van der Waals surface area contributed by atoms with Crippen LogP contribution in [0.25, 0.3) is 5.69 Å². The SMILES string of the molecule is O=C(Nc1cnc(Sc2nnnn2-c2ccc(S(=O)(=O)Nc3ccccc3)cc2)s1)c1ccccc1. The van der Waals surface area contributed by atoms with Crippen LogP contribution in [-0.2, 0) is 10.0 Å². The average Bonchev–Trinajstić information content (AvgIpc) is 3.54. The van der Waals surface area contributed by atoms with Crippen LogP contribution in [0.3, 0.4) is 0 Å². The lowest BCUT2D eigenvalue weighted by Crippen LogP contribution is -2.13. The number of aromatic nitrogens is 5. The molecule has 0 saturated heterocycles. The van der Waals surface area contributed by atoms with Gasteiger partial charge in [0.25, 0.3) is 15.9 Å². The number of sulfonamides is 1. The Kier molecular flexibility index (Phi) is 6.75. The van der Waals surface area contributed by atoms with Gasteiger partial charge in [0.1, 0.15) is 5.00 Å². The second-order valence-corrected chi connectivity index (χ2v) is 11.2. The first-order valence-electron chi connectivity index (χ1n) is 10.4. The largest absolute Gasteiger partial charge is 0.312 e. The second kappa shape index (κ2) is 10.3. The molecule has 2 heterocycles. The van der Waals surface area contributed by atoms with Gasteiger partial charge in [-0.3, -0.25) is 9.52 Å². The molecule has 0 bridgehead atoms. The number of amides is 1. The van der Waals surface area contributed by atoms with Gasteiger partial charge in [0.05, 0.1) is 16.8 Å². The normalized spacial score (nSPS) is 11.2. The summed E-state index contributed by atoms with van der Waals surface area (Å²) in [4.78, 5) is 16.8. The third-order valence-corrected chi connectivity index (χ3v) is 8.12. The highest BCUT2D eigenvalue weighted by molar-refractivity contribution is 8.01. The van der Waals surface area contributed by atoms with Gasteiger partial charge >= 0.3 is 0 Å². The summed E-state index contributed by atoms with van der Waals surface area (Å²) in [5.74, 6) is -0.225. The van der Waals surface area contributed by atoms with Gasteiger partial charge in [0.2, 0.25) is 5.16 Å². The minimum atomic E-state index is -3.74. The van der Waals surface area contributed by atoms with Crippen molar-refractivity contribution in [1.82, 2.24) is 25.2 Å². The van der Waals surface area contributed by atoms with Crippen molar-refractivity contribution in [2.45, 2.75) is 14.4 Å². The first-order valence-corrected chi connectivity index (χ1v) is 13.6. The molecule has 10 nitrogen and oxygen atoms in total. The van der Waals surface area contributed by atoms with Crippen LogP contribution in [0.15, 0.2) is 106 Å². The van der Waals surface area contributed by atoms with Crippen molar-refractivity contribution < 1.29 is 13.2 Å². The Hall–Kier alpha value is -4.07. The molecule has 36 heavy (non-hydrogen) atoms. The molecule has 0 saturated carbocycles. The van der Waals surface area contributed by atoms with E-state index >= 15 is 0 Å². The smallest absolute Gasteiger partial charge is 0.261 e. The van der Waals surface area contributed by atoms with E-state index in [9.17, 15) is 13.2 Å². The van der Waals surface area contributed by atoms with E-state index in [4.69, 9.17) is 0 Å². The minimum Gasteiger partial charge on any atom is -0.312 e. The summed E-state index contributed by atoms with van der Waals surface area (Å²) >= 11 is 2.51. The zero-order valence-electron chi connectivity index (χ0n) is 18.3. The van der Waals surface area contributed by atoms with Gasteiger partial charge in [-0.1, -0.05) is 47.7 Å². The summed E-state index contributed by atoms with van der Waals surface area (Å²) in [6, 6.07) is 23.8. The van der Waals surface area contributed by atoms with Crippen LogP contribution in [-0.4, -0.2) is 39.5 Å². The van der Waals surface area contributed by atoms with Crippen LogP contribution >= 0.6 is 23.1 Å². The van der Waals surface area contributed by atoms with Crippen LogP contribution in [0.4, 0.5) is 10.7 Å². The number of hydrogen-bond donors (Lipinski definition) is 2. The summed E-state index contributed by atoms with van der Waals surface area (Å²) in [5, 5.41) is 15.6. The van der Waals surface area contributed by atoms with Gasteiger partial charge in [-0.15, -0.1) is 5.10 Å². The van der Waals surface area contributed by atoms with Crippen molar-refractivity contribution in [2.24, 2.45) is 0 Å². The summed E-state index contributed by atoms with van der Waals surface area (Å²) in [5.41, 5.74) is 1.60. The molecule has 2 N–H and O–H groups in total. The van der Waals surface area contributed by atoms with Crippen LogP contribution in [0.1, 0.15) is 10.4 Å². The summed E-state index contributed by atoms with van der Waals surface area (Å²) in [7, 11) is -3.74. The molecule has 0 atom stereocenters. The van der Waals surface area contributed by atoms with Crippen molar-refractivity contribution in [3.63, 3.8) is 0 Å². The van der Waals surface area contributed by atoms with Crippen LogP contribution in [0, 0.1) is 0 Å². The van der Waals surface area contributed by atoms with Crippen LogP contribution < -0.4 is 10.0 Å². The molecule has 3 aromatic carbocycles. The van der Waals surface area contributed by atoms with Gasteiger partial charge in [0.15, 0.2) is 4.34 Å². The average molecular weight is 536 g/mol. The topological polar surface area (TPSA) is 132 Å². The Morgan fingerprint density at radius 2 is 1.61 bits per heavy atom. The number of hydrogen-bond acceptors (Lipinski definition) is 9. The second-order valence-electron chi connectivity index (χ2n) is 7.25. The number of tetrazole rings is 1. The molecule has 0 aliphatic heterocycles. The van der Waals surface area contributed by atoms with Gasteiger partial charge in [-0.2, -0.15) is 4.68 Å². The standard InChI is InChI=1S/C23H17N7O3S3/c31-21(16-7-3-1-4-8-16)25-20-15-24-23(34-20)35-22-26-28-29-30(22)18-11-13-19(14-12-18)36(32,33)27-17-9-5-2-6-10-17/h1-15,27H,(H,25,31). The first kappa shape index (κ1) is 23.7. The van der Waals surface area contributed by atoms with Gasteiger partial charge < -0.3 is 5.32 Å². The lowest BCUT2D eigenvalue weighted by molar-refractivity contribution is 0.102. The number of para-hydroxylation sites is 1. The monoisotopic (exact) mass is 535 g/mol. The van der Waals surface area contributed by atoms with Crippen LogP contribution in [0.2, 0.25) is 0 Å². The van der Waals surface area contributed by atoms with Crippen molar-refractivity contribution in [3.8, 4) is 5.69 Å². The third kappa shape index (κ3) is 5.43. The van der Waals surface area contributed by atoms with Crippen molar-refractivity contribution >= 4 is 49.7 Å². The fourth-order valence-corrected chi connectivity index (χ4v) is 5.93. The van der Waals surface area contributed by atoms with E-state index in [1.165, 1.54) is 39.9 Å². The molecule has 1 amide bonds. The Bertz CT molecular complexity index is 1590. The fourth-order valence-electron chi connectivity index (χ4n) is 3.11. The Balaban J connectivity index is 1.28. The van der Waals surface area contributed by atoms with E-state index < -0.39 is 10.0 Å². The summed E-state index contributed by atoms with van der Waals surface area (Å²) in [6.07, 6.45) is 1.57.